The lowest BCUT2D eigenvalue weighted by molar-refractivity contribution is -0.120. The number of hydrogen-bond donors (Lipinski definition) is 0. The third-order valence-corrected chi connectivity index (χ3v) is 5.12. The fraction of sp³-hybridized carbons (Fsp3) is 0.316. The van der Waals surface area contributed by atoms with Crippen molar-refractivity contribution in [3.05, 3.63) is 46.7 Å². The maximum atomic E-state index is 14.1. The van der Waals surface area contributed by atoms with Gasteiger partial charge in [-0.25, -0.2) is 9.37 Å². The van der Waals surface area contributed by atoms with Crippen LogP contribution in [0, 0.1) is 11.7 Å². The largest absolute Gasteiger partial charge is 0.294 e. The Hall–Kier alpha value is -2.34. The molecule has 0 bridgehead atoms. The smallest absolute Gasteiger partial charge is 0.230 e. The topological polar surface area (TPSA) is 50.3 Å². The van der Waals surface area contributed by atoms with Gasteiger partial charge in [0.2, 0.25) is 5.91 Å². The van der Waals surface area contributed by atoms with Crippen molar-refractivity contribution >= 4 is 39.9 Å². The summed E-state index contributed by atoms with van der Waals surface area (Å²) in [4.78, 5) is 30.0. The second-order valence-electron chi connectivity index (χ2n) is 6.19. The average Bonchev–Trinajstić information content (AvgIpc) is 3.02. The number of Topliss-reactive ketones (excluding diaryl/α,β-unsaturated/α-hetero) is 1. The molecule has 1 aromatic carbocycles. The molecule has 0 saturated heterocycles. The van der Waals surface area contributed by atoms with E-state index < -0.39 is 5.82 Å². The molecule has 0 unspecified atom stereocenters. The van der Waals surface area contributed by atoms with Crippen molar-refractivity contribution < 1.29 is 14.0 Å². The average molecular weight is 358 g/mol. The molecule has 130 valence electrons. The lowest BCUT2D eigenvalue weighted by atomic mass is 9.85. The number of allylic oxidation sites excluding steroid dienone is 1. The zero-order valence-electron chi connectivity index (χ0n) is 14.2. The fourth-order valence-corrected chi connectivity index (χ4v) is 3.81. The van der Waals surface area contributed by atoms with E-state index in [4.69, 9.17) is 0 Å². The first-order chi connectivity index (χ1) is 12.0. The van der Waals surface area contributed by atoms with Crippen molar-refractivity contribution in [2.75, 3.05) is 4.90 Å². The van der Waals surface area contributed by atoms with E-state index in [9.17, 15) is 14.0 Å². The van der Waals surface area contributed by atoms with Crippen LogP contribution in [0.15, 0.2) is 35.2 Å². The number of para-hydroxylation sites is 1. The quantitative estimate of drug-likeness (QED) is 0.745. The summed E-state index contributed by atoms with van der Waals surface area (Å²) in [6.07, 6.45) is 4.45. The molecule has 0 spiro atoms. The molecule has 3 rings (SSSR count). The van der Waals surface area contributed by atoms with Gasteiger partial charge in [-0.2, -0.15) is 0 Å². The van der Waals surface area contributed by atoms with Gasteiger partial charge in [-0.15, -0.1) is 11.3 Å². The number of hydrogen-bond acceptors (Lipinski definition) is 4. The van der Waals surface area contributed by atoms with Crippen molar-refractivity contribution in [1.82, 2.24) is 4.98 Å². The van der Waals surface area contributed by atoms with Crippen LogP contribution in [-0.4, -0.2) is 16.7 Å². The van der Waals surface area contributed by atoms with Gasteiger partial charge in [0, 0.05) is 18.2 Å². The molecule has 25 heavy (non-hydrogen) atoms. The molecule has 1 heterocycles. The van der Waals surface area contributed by atoms with Gasteiger partial charge < -0.3 is 0 Å². The summed E-state index contributed by atoms with van der Waals surface area (Å²) in [6, 6.07) is 6.10. The molecule has 1 aromatic heterocycles. The first-order valence-corrected chi connectivity index (χ1v) is 9.11. The fourth-order valence-electron chi connectivity index (χ4n) is 2.98. The van der Waals surface area contributed by atoms with Gasteiger partial charge in [0.05, 0.1) is 11.4 Å². The van der Waals surface area contributed by atoms with Gasteiger partial charge in [-0.3, -0.25) is 14.5 Å². The van der Waals surface area contributed by atoms with Crippen molar-refractivity contribution in [1.29, 1.82) is 0 Å². The molecule has 1 saturated carbocycles. The summed E-state index contributed by atoms with van der Waals surface area (Å²) in [5.74, 6) is -0.589. The lowest BCUT2D eigenvalue weighted by Crippen LogP contribution is -2.23. The SMILES string of the molecule is CC(=O)N(c1nc(/C=C2/CCC[C@H](C)C2=O)cs1)c1ccccc1F. The molecule has 0 radical (unpaired) electrons. The van der Waals surface area contributed by atoms with Crippen LogP contribution < -0.4 is 4.90 Å². The standard InChI is InChI=1S/C19H19FN2O2S/c1-12-6-5-7-14(18(12)24)10-15-11-25-19(21-15)22(13(2)23)17-9-4-3-8-16(17)20/h3-4,8-12H,5-7H2,1-2H3/b14-10-/t12-/m0/s1. The van der Waals surface area contributed by atoms with Crippen LogP contribution in [-0.2, 0) is 9.59 Å². The number of rotatable bonds is 3. The van der Waals surface area contributed by atoms with Crippen LogP contribution >= 0.6 is 11.3 Å². The van der Waals surface area contributed by atoms with Crippen LogP contribution in [0.25, 0.3) is 6.08 Å². The summed E-state index contributed by atoms with van der Waals surface area (Å²) in [6.45, 7) is 3.32. The molecule has 2 aromatic rings. The molecule has 1 aliphatic carbocycles. The number of nitrogens with zero attached hydrogens (tertiary/aromatic N) is 2. The summed E-state index contributed by atoms with van der Waals surface area (Å²) < 4.78 is 14.1. The monoisotopic (exact) mass is 358 g/mol. The van der Waals surface area contributed by atoms with Gasteiger partial charge >= 0.3 is 0 Å². The van der Waals surface area contributed by atoms with Crippen LogP contribution in [0.5, 0.6) is 0 Å². The van der Waals surface area contributed by atoms with Crippen molar-refractivity contribution in [3.8, 4) is 0 Å². The molecule has 1 aliphatic rings. The molecule has 6 heteroatoms. The summed E-state index contributed by atoms with van der Waals surface area (Å²) in [5, 5.41) is 2.17. The molecular weight excluding hydrogens is 339 g/mol. The van der Waals surface area contributed by atoms with Gasteiger partial charge in [-0.1, -0.05) is 19.1 Å². The number of benzene rings is 1. The van der Waals surface area contributed by atoms with E-state index in [0.29, 0.717) is 10.8 Å². The highest BCUT2D eigenvalue weighted by Gasteiger charge is 2.24. The number of anilines is 2. The van der Waals surface area contributed by atoms with E-state index in [2.05, 4.69) is 4.98 Å². The normalized spacial score (nSPS) is 19.2. The first-order valence-electron chi connectivity index (χ1n) is 8.23. The Morgan fingerprint density at radius 3 is 2.88 bits per heavy atom. The van der Waals surface area contributed by atoms with Gasteiger partial charge in [0.1, 0.15) is 5.82 Å². The maximum absolute atomic E-state index is 14.1. The summed E-state index contributed by atoms with van der Waals surface area (Å²) in [7, 11) is 0. The Kier molecular flexibility index (Phi) is 5.08. The van der Waals surface area contributed by atoms with Crippen LogP contribution in [0.1, 0.15) is 38.8 Å². The lowest BCUT2D eigenvalue weighted by Gasteiger charge is -2.19. The van der Waals surface area contributed by atoms with E-state index in [1.54, 1.807) is 29.7 Å². The highest BCUT2D eigenvalue weighted by Crippen LogP contribution is 2.32. The van der Waals surface area contributed by atoms with Crippen molar-refractivity contribution in [2.24, 2.45) is 5.92 Å². The molecular formula is C19H19FN2O2S. The Labute approximate surface area is 150 Å². The van der Waals surface area contributed by atoms with E-state index in [1.165, 1.54) is 29.2 Å². The molecule has 0 N–H and O–H groups in total. The van der Waals surface area contributed by atoms with E-state index in [1.807, 2.05) is 6.92 Å². The van der Waals surface area contributed by atoms with Gasteiger partial charge in [0.25, 0.3) is 0 Å². The molecule has 0 aliphatic heterocycles. The van der Waals surface area contributed by atoms with E-state index in [-0.39, 0.29) is 23.3 Å². The molecule has 1 fully saturated rings. The zero-order chi connectivity index (χ0) is 18.0. The Morgan fingerprint density at radius 1 is 1.40 bits per heavy atom. The number of halogens is 1. The molecule has 4 nitrogen and oxygen atoms in total. The van der Waals surface area contributed by atoms with E-state index in [0.717, 1.165) is 24.8 Å². The zero-order valence-corrected chi connectivity index (χ0v) is 15.0. The Balaban J connectivity index is 1.93. The number of thiazole rings is 1. The number of aromatic nitrogens is 1. The Bertz CT molecular complexity index is 843. The highest BCUT2D eigenvalue weighted by molar-refractivity contribution is 7.14. The highest BCUT2D eigenvalue weighted by atomic mass is 32.1. The molecule has 1 atom stereocenters. The number of carbonyl (C=O) groups is 2. The van der Waals surface area contributed by atoms with Crippen LogP contribution in [0.4, 0.5) is 15.2 Å². The number of ketones is 1. The second-order valence-corrected chi connectivity index (χ2v) is 7.02. The summed E-state index contributed by atoms with van der Waals surface area (Å²) >= 11 is 1.25. The van der Waals surface area contributed by atoms with Gasteiger partial charge in [-0.05, 0) is 43.0 Å². The van der Waals surface area contributed by atoms with Crippen molar-refractivity contribution in [3.63, 3.8) is 0 Å². The predicted octanol–water partition coefficient (Wildman–Crippen LogP) is 4.74. The van der Waals surface area contributed by atoms with Crippen LogP contribution in [0.2, 0.25) is 0 Å². The minimum absolute atomic E-state index is 0.0465. The maximum Gasteiger partial charge on any atom is 0.230 e. The van der Waals surface area contributed by atoms with Crippen molar-refractivity contribution in [2.45, 2.75) is 33.1 Å². The summed E-state index contributed by atoms with van der Waals surface area (Å²) in [5.41, 5.74) is 1.57. The predicted molar refractivity (Wildman–Crippen MR) is 97.3 cm³/mol. The number of carbonyl (C=O) groups excluding carboxylic acids is 2. The Morgan fingerprint density at radius 2 is 2.16 bits per heavy atom. The molecule has 1 amide bonds. The third kappa shape index (κ3) is 3.69. The van der Waals surface area contributed by atoms with E-state index >= 15 is 0 Å². The second kappa shape index (κ2) is 7.27. The van der Waals surface area contributed by atoms with Crippen LogP contribution in [0.3, 0.4) is 0 Å². The van der Waals surface area contributed by atoms with Gasteiger partial charge in [0.15, 0.2) is 10.9 Å². The third-order valence-electron chi connectivity index (χ3n) is 4.28. The minimum atomic E-state index is -0.482. The first kappa shape index (κ1) is 17.5. The minimum Gasteiger partial charge on any atom is -0.294 e. The number of amides is 1.